The molecule has 0 radical (unpaired) electrons. The average Bonchev–Trinajstić information content (AvgIpc) is 2.32. The van der Waals surface area contributed by atoms with E-state index >= 15 is 0 Å². The van der Waals surface area contributed by atoms with E-state index in [2.05, 4.69) is 5.16 Å². The Bertz CT molecular complexity index is 215. The number of carbonyl (C=O) groups excluding carboxylic acids is 1. The predicted octanol–water partition coefficient (Wildman–Crippen LogP) is 2.43. The molecule has 0 unspecified atom stereocenters. The van der Waals surface area contributed by atoms with Gasteiger partial charge in [0, 0.05) is 12.2 Å². The first kappa shape index (κ1) is 12.9. The van der Waals surface area contributed by atoms with Crippen molar-refractivity contribution in [1.82, 2.24) is 0 Å². The molecule has 0 aromatic carbocycles. The molecule has 0 atom stereocenters. The molecule has 5 heteroatoms. The average molecular weight is 247 g/mol. The third kappa shape index (κ3) is 6.10. The van der Waals surface area contributed by atoms with E-state index in [-0.39, 0.29) is 0 Å². The minimum Gasteiger partial charge on any atom is -0.411 e. The summed E-state index contributed by atoms with van der Waals surface area (Å²) in [4.78, 5) is 10.4. The van der Waals surface area contributed by atoms with Gasteiger partial charge in [0.2, 0.25) is 0 Å². The second-order valence-corrected chi connectivity index (χ2v) is 5.73. The molecule has 0 aliphatic carbocycles. The van der Waals surface area contributed by atoms with E-state index in [1.54, 1.807) is 11.8 Å². The zero-order valence-electron chi connectivity index (χ0n) is 8.78. The summed E-state index contributed by atoms with van der Waals surface area (Å²) in [6.45, 7) is 0. The summed E-state index contributed by atoms with van der Waals surface area (Å²) in [5, 5.41) is 11.4. The molecular weight excluding hydrogens is 230 g/mol. The number of carbonyl (C=O) groups is 1. The fourth-order valence-corrected chi connectivity index (χ4v) is 3.14. The third-order valence-electron chi connectivity index (χ3n) is 2.17. The highest BCUT2D eigenvalue weighted by Gasteiger charge is 2.06. The Morgan fingerprint density at radius 2 is 1.73 bits per heavy atom. The molecule has 2 heterocycles. The molecule has 0 aromatic heterocycles. The molecule has 0 spiro atoms. The molecule has 3 nitrogen and oxygen atoms in total. The lowest BCUT2D eigenvalue weighted by atomic mass is 10.2. The van der Waals surface area contributed by atoms with Crippen LogP contribution < -0.4 is 0 Å². The van der Waals surface area contributed by atoms with Crippen LogP contribution >= 0.6 is 23.5 Å². The Balaban J connectivity index is 0.000000151. The van der Waals surface area contributed by atoms with Crippen LogP contribution in [-0.2, 0) is 4.79 Å². The number of thioether (sulfide) groups is 2. The summed E-state index contributed by atoms with van der Waals surface area (Å²) >= 11 is 3.59. The van der Waals surface area contributed by atoms with Crippen molar-refractivity contribution in [3.05, 3.63) is 0 Å². The maximum Gasteiger partial charge on any atom is 0.142 e. The molecule has 2 rings (SSSR count). The molecule has 2 fully saturated rings. The standard InChI is InChI=1S/C5H9NOS.C5H8OS/c7-6-5-2-1-3-8-4-5;6-5-2-1-3-7-4-5/h7H,1-4H2;1-4H2/b6-5-;. The van der Waals surface area contributed by atoms with Crippen LogP contribution in [0.2, 0.25) is 0 Å². The van der Waals surface area contributed by atoms with Crippen LogP contribution in [0, 0.1) is 0 Å². The highest BCUT2D eigenvalue weighted by atomic mass is 32.2. The Labute approximate surface area is 99.1 Å². The van der Waals surface area contributed by atoms with Crippen LogP contribution in [0.4, 0.5) is 0 Å². The van der Waals surface area contributed by atoms with Gasteiger partial charge in [0.1, 0.15) is 5.78 Å². The van der Waals surface area contributed by atoms with Crippen LogP contribution in [-0.4, -0.2) is 39.7 Å². The lowest BCUT2D eigenvalue weighted by molar-refractivity contribution is -0.116. The van der Waals surface area contributed by atoms with Gasteiger partial charge in [-0.25, -0.2) is 0 Å². The van der Waals surface area contributed by atoms with E-state index in [1.165, 1.54) is 17.9 Å². The molecular formula is C10H17NO2S2. The SMILES string of the molecule is O/N=C1/CCCSC1.O=C1CCCSC1. The largest absolute Gasteiger partial charge is 0.411 e. The predicted molar refractivity (Wildman–Crippen MR) is 67.3 cm³/mol. The van der Waals surface area contributed by atoms with E-state index < -0.39 is 0 Å². The monoisotopic (exact) mass is 247 g/mol. The lowest BCUT2D eigenvalue weighted by Gasteiger charge is -2.08. The summed E-state index contributed by atoms with van der Waals surface area (Å²) in [6, 6.07) is 0. The Morgan fingerprint density at radius 3 is 2.00 bits per heavy atom. The topological polar surface area (TPSA) is 49.7 Å². The first-order valence-electron chi connectivity index (χ1n) is 5.20. The molecule has 2 aliphatic rings. The molecule has 86 valence electrons. The molecule has 0 amide bonds. The number of rotatable bonds is 0. The van der Waals surface area contributed by atoms with Crippen LogP contribution in [0.3, 0.4) is 0 Å². The molecule has 2 saturated heterocycles. The number of nitrogens with zero attached hydrogens (tertiary/aromatic N) is 1. The van der Waals surface area contributed by atoms with Gasteiger partial charge >= 0.3 is 0 Å². The van der Waals surface area contributed by atoms with Gasteiger partial charge in [-0.05, 0) is 30.8 Å². The van der Waals surface area contributed by atoms with Crippen LogP contribution in [0.25, 0.3) is 0 Å². The van der Waals surface area contributed by atoms with Crippen molar-refractivity contribution in [3.63, 3.8) is 0 Å². The first-order chi connectivity index (χ1) is 7.33. The van der Waals surface area contributed by atoms with Crippen molar-refractivity contribution >= 4 is 35.0 Å². The van der Waals surface area contributed by atoms with E-state index in [0.29, 0.717) is 5.78 Å². The van der Waals surface area contributed by atoms with E-state index in [0.717, 1.165) is 36.5 Å². The van der Waals surface area contributed by atoms with Gasteiger partial charge in [0.25, 0.3) is 0 Å². The summed E-state index contributed by atoms with van der Waals surface area (Å²) in [5.41, 5.74) is 0.946. The Hall–Kier alpha value is -0.160. The van der Waals surface area contributed by atoms with Gasteiger partial charge in [-0.15, -0.1) is 0 Å². The summed E-state index contributed by atoms with van der Waals surface area (Å²) in [6.07, 6.45) is 4.09. The van der Waals surface area contributed by atoms with Crippen molar-refractivity contribution < 1.29 is 10.0 Å². The third-order valence-corrected chi connectivity index (χ3v) is 4.39. The van der Waals surface area contributed by atoms with Gasteiger partial charge in [-0.1, -0.05) is 5.16 Å². The Kier molecular flexibility index (Phi) is 6.92. The number of hydrogen-bond donors (Lipinski definition) is 1. The van der Waals surface area contributed by atoms with Gasteiger partial charge in [0.05, 0.1) is 11.5 Å². The van der Waals surface area contributed by atoms with Crippen LogP contribution in [0.1, 0.15) is 25.7 Å². The first-order valence-corrected chi connectivity index (χ1v) is 7.51. The molecule has 0 bridgehead atoms. The van der Waals surface area contributed by atoms with Crippen LogP contribution in [0.5, 0.6) is 0 Å². The molecule has 0 aromatic rings. The summed E-state index contributed by atoms with van der Waals surface area (Å²) < 4.78 is 0. The maximum absolute atomic E-state index is 10.4. The smallest absolute Gasteiger partial charge is 0.142 e. The highest BCUT2D eigenvalue weighted by Crippen LogP contribution is 2.13. The fourth-order valence-electron chi connectivity index (χ4n) is 1.35. The minimum absolute atomic E-state index is 0.427. The molecule has 2 aliphatic heterocycles. The van der Waals surface area contributed by atoms with Gasteiger partial charge in [-0.2, -0.15) is 23.5 Å². The summed E-state index contributed by atoms with van der Waals surface area (Å²) in [7, 11) is 0. The van der Waals surface area contributed by atoms with Crippen molar-refractivity contribution in [2.24, 2.45) is 5.16 Å². The van der Waals surface area contributed by atoms with Gasteiger partial charge < -0.3 is 5.21 Å². The summed E-state index contributed by atoms with van der Waals surface area (Å²) in [5.74, 6) is 4.53. The molecule has 15 heavy (non-hydrogen) atoms. The fraction of sp³-hybridized carbons (Fsp3) is 0.800. The Morgan fingerprint density at radius 1 is 1.07 bits per heavy atom. The number of Topliss-reactive ketones (excluding diaryl/α,β-unsaturated/α-hetero) is 1. The normalized spacial score (nSPS) is 24.5. The molecule has 1 N–H and O–H groups in total. The van der Waals surface area contributed by atoms with Gasteiger partial charge in [0.15, 0.2) is 0 Å². The van der Waals surface area contributed by atoms with E-state index in [4.69, 9.17) is 5.21 Å². The van der Waals surface area contributed by atoms with Crippen molar-refractivity contribution in [1.29, 1.82) is 0 Å². The van der Waals surface area contributed by atoms with Crippen LogP contribution in [0.15, 0.2) is 5.16 Å². The highest BCUT2D eigenvalue weighted by molar-refractivity contribution is 8.00. The maximum atomic E-state index is 10.4. The molecule has 0 saturated carbocycles. The number of hydrogen-bond acceptors (Lipinski definition) is 5. The van der Waals surface area contributed by atoms with Crippen molar-refractivity contribution in [2.45, 2.75) is 25.7 Å². The zero-order chi connectivity index (χ0) is 10.9. The number of oxime groups is 1. The number of ketones is 1. The quantitative estimate of drug-likeness (QED) is 0.527. The van der Waals surface area contributed by atoms with Crippen molar-refractivity contribution in [3.8, 4) is 0 Å². The minimum atomic E-state index is 0.427. The zero-order valence-corrected chi connectivity index (χ0v) is 10.4. The van der Waals surface area contributed by atoms with E-state index in [9.17, 15) is 4.79 Å². The van der Waals surface area contributed by atoms with Gasteiger partial charge in [-0.3, -0.25) is 4.79 Å². The second kappa shape index (κ2) is 8.05. The lowest BCUT2D eigenvalue weighted by Crippen LogP contribution is -2.08. The van der Waals surface area contributed by atoms with E-state index in [1.807, 2.05) is 11.8 Å². The van der Waals surface area contributed by atoms with Crippen molar-refractivity contribution in [2.75, 3.05) is 23.0 Å². The second-order valence-electron chi connectivity index (χ2n) is 3.52.